The third kappa shape index (κ3) is 3.46. The SMILES string of the molecule is CC1CCC(CO)(CN(C)C(C)C)CC1. The first kappa shape index (κ1) is 13.0. The standard InChI is InChI=1S/C13H27NO/c1-11(2)14(4)9-13(10-15)7-5-12(3)6-8-13/h11-12,15H,5-10H2,1-4H3. The van der Waals surface area contributed by atoms with E-state index in [1.54, 1.807) is 0 Å². The molecule has 0 spiro atoms. The highest BCUT2D eigenvalue weighted by Gasteiger charge is 2.34. The Bertz CT molecular complexity index is 183. The summed E-state index contributed by atoms with van der Waals surface area (Å²) in [5.41, 5.74) is 0.186. The van der Waals surface area contributed by atoms with Crippen LogP contribution in [0.2, 0.25) is 0 Å². The molecule has 1 N–H and O–H groups in total. The Morgan fingerprint density at radius 1 is 1.33 bits per heavy atom. The Kier molecular flexibility index (Phi) is 4.60. The molecule has 2 heteroatoms. The van der Waals surface area contributed by atoms with Crippen molar-refractivity contribution in [2.75, 3.05) is 20.2 Å². The van der Waals surface area contributed by atoms with E-state index in [0.717, 1.165) is 12.5 Å². The van der Waals surface area contributed by atoms with Crippen molar-refractivity contribution >= 4 is 0 Å². The Hall–Kier alpha value is -0.0800. The molecule has 90 valence electrons. The molecule has 0 heterocycles. The average Bonchev–Trinajstić information content (AvgIpc) is 2.21. The summed E-state index contributed by atoms with van der Waals surface area (Å²) in [7, 11) is 2.17. The summed E-state index contributed by atoms with van der Waals surface area (Å²) in [6.45, 7) is 8.17. The molecule has 1 fully saturated rings. The minimum absolute atomic E-state index is 0.186. The van der Waals surface area contributed by atoms with Gasteiger partial charge in [0, 0.05) is 24.6 Å². The number of hydrogen-bond donors (Lipinski definition) is 1. The lowest BCUT2D eigenvalue weighted by atomic mass is 9.71. The number of aliphatic hydroxyl groups is 1. The second kappa shape index (κ2) is 5.31. The second-order valence-electron chi connectivity index (χ2n) is 5.85. The zero-order chi connectivity index (χ0) is 11.5. The maximum Gasteiger partial charge on any atom is 0.0499 e. The van der Waals surface area contributed by atoms with Gasteiger partial charge in [-0.15, -0.1) is 0 Å². The Labute approximate surface area is 94.7 Å². The van der Waals surface area contributed by atoms with Crippen molar-refractivity contribution in [1.29, 1.82) is 0 Å². The predicted molar refractivity (Wildman–Crippen MR) is 64.9 cm³/mol. The number of hydrogen-bond acceptors (Lipinski definition) is 2. The van der Waals surface area contributed by atoms with E-state index in [4.69, 9.17) is 0 Å². The third-order valence-corrected chi connectivity index (χ3v) is 4.14. The molecule has 0 aromatic carbocycles. The Balaban J connectivity index is 2.53. The highest BCUT2D eigenvalue weighted by molar-refractivity contribution is 4.87. The highest BCUT2D eigenvalue weighted by Crippen LogP contribution is 2.39. The van der Waals surface area contributed by atoms with Crippen LogP contribution >= 0.6 is 0 Å². The highest BCUT2D eigenvalue weighted by atomic mass is 16.3. The van der Waals surface area contributed by atoms with Crippen LogP contribution < -0.4 is 0 Å². The molecule has 0 aromatic rings. The van der Waals surface area contributed by atoms with Gasteiger partial charge in [0.25, 0.3) is 0 Å². The van der Waals surface area contributed by atoms with Gasteiger partial charge in [0.05, 0.1) is 0 Å². The van der Waals surface area contributed by atoms with Gasteiger partial charge in [-0.25, -0.2) is 0 Å². The minimum Gasteiger partial charge on any atom is -0.396 e. The van der Waals surface area contributed by atoms with Gasteiger partial charge in [-0.3, -0.25) is 0 Å². The summed E-state index contributed by atoms with van der Waals surface area (Å²) >= 11 is 0. The molecule has 0 radical (unpaired) electrons. The van der Waals surface area contributed by atoms with E-state index >= 15 is 0 Å². The van der Waals surface area contributed by atoms with E-state index in [0.29, 0.717) is 12.6 Å². The quantitative estimate of drug-likeness (QED) is 0.775. The predicted octanol–water partition coefficient (Wildman–Crippen LogP) is 2.52. The zero-order valence-electron chi connectivity index (χ0n) is 10.8. The number of rotatable bonds is 4. The van der Waals surface area contributed by atoms with Crippen molar-refractivity contribution in [3.63, 3.8) is 0 Å². The molecular weight excluding hydrogens is 186 g/mol. The molecule has 0 amide bonds. The summed E-state index contributed by atoms with van der Waals surface area (Å²) in [5.74, 6) is 0.856. The lowest BCUT2D eigenvalue weighted by Crippen LogP contribution is -2.43. The second-order valence-corrected chi connectivity index (χ2v) is 5.85. The maximum absolute atomic E-state index is 9.63. The monoisotopic (exact) mass is 213 g/mol. The van der Waals surface area contributed by atoms with Crippen molar-refractivity contribution < 1.29 is 5.11 Å². The molecule has 0 bridgehead atoms. The van der Waals surface area contributed by atoms with Gasteiger partial charge in [-0.1, -0.05) is 19.8 Å². The van der Waals surface area contributed by atoms with Crippen molar-refractivity contribution in [3.05, 3.63) is 0 Å². The van der Waals surface area contributed by atoms with Crippen LogP contribution in [0.15, 0.2) is 0 Å². The van der Waals surface area contributed by atoms with Gasteiger partial charge in [0.1, 0.15) is 0 Å². The summed E-state index contributed by atoms with van der Waals surface area (Å²) in [6.07, 6.45) is 4.96. The van der Waals surface area contributed by atoms with Gasteiger partial charge < -0.3 is 10.0 Å². The van der Waals surface area contributed by atoms with Crippen LogP contribution in [0.3, 0.4) is 0 Å². The lowest BCUT2D eigenvalue weighted by Gasteiger charge is -2.41. The normalized spacial score (nSPS) is 32.6. The molecule has 0 aliphatic heterocycles. The van der Waals surface area contributed by atoms with E-state index in [2.05, 4.69) is 32.7 Å². The first-order valence-electron chi connectivity index (χ1n) is 6.30. The maximum atomic E-state index is 9.63. The molecule has 0 saturated heterocycles. The molecule has 1 saturated carbocycles. The van der Waals surface area contributed by atoms with Crippen LogP contribution in [-0.4, -0.2) is 36.2 Å². The molecule has 15 heavy (non-hydrogen) atoms. The van der Waals surface area contributed by atoms with Crippen molar-refractivity contribution in [3.8, 4) is 0 Å². The molecule has 0 unspecified atom stereocenters. The van der Waals surface area contributed by atoms with E-state index in [1.165, 1.54) is 25.7 Å². The van der Waals surface area contributed by atoms with Crippen LogP contribution in [0.1, 0.15) is 46.5 Å². The first-order valence-corrected chi connectivity index (χ1v) is 6.30. The molecule has 1 aliphatic carbocycles. The summed E-state index contributed by atoms with van der Waals surface area (Å²) in [5, 5.41) is 9.63. The van der Waals surface area contributed by atoms with E-state index in [9.17, 15) is 5.11 Å². The van der Waals surface area contributed by atoms with E-state index < -0.39 is 0 Å². The Morgan fingerprint density at radius 3 is 2.27 bits per heavy atom. The fraction of sp³-hybridized carbons (Fsp3) is 1.00. The Morgan fingerprint density at radius 2 is 1.87 bits per heavy atom. The molecule has 0 aromatic heterocycles. The zero-order valence-corrected chi connectivity index (χ0v) is 10.8. The van der Waals surface area contributed by atoms with E-state index in [1.807, 2.05) is 0 Å². The van der Waals surface area contributed by atoms with Crippen LogP contribution in [0.4, 0.5) is 0 Å². The summed E-state index contributed by atoms with van der Waals surface area (Å²) in [6, 6.07) is 0.577. The van der Waals surface area contributed by atoms with Crippen molar-refractivity contribution in [2.24, 2.45) is 11.3 Å². The van der Waals surface area contributed by atoms with Crippen molar-refractivity contribution in [1.82, 2.24) is 4.90 Å². The minimum atomic E-state index is 0.186. The average molecular weight is 213 g/mol. The topological polar surface area (TPSA) is 23.5 Å². The fourth-order valence-corrected chi connectivity index (χ4v) is 2.45. The van der Waals surface area contributed by atoms with Gasteiger partial charge in [0.15, 0.2) is 0 Å². The lowest BCUT2D eigenvalue weighted by molar-refractivity contribution is 0.0290. The van der Waals surface area contributed by atoms with Gasteiger partial charge in [-0.05, 0) is 39.7 Å². The van der Waals surface area contributed by atoms with Crippen LogP contribution in [-0.2, 0) is 0 Å². The largest absolute Gasteiger partial charge is 0.396 e. The molecule has 1 aliphatic rings. The van der Waals surface area contributed by atoms with Crippen LogP contribution in [0.25, 0.3) is 0 Å². The summed E-state index contributed by atoms with van der Waals surface area (Å²) < 4.78 is 0. The number of nitrogens with zero attached hydrogens (tertiary/aromatic N) is 1. The van der Waals surface area contributed by atoms with Crippen molar-refractivity contribution in [2.45, 2.75) is 52.5 Å². The summed E-state index contributed by atoms with van der Waals surface area (Å²) in [4.78, 5) is 2.37. The number of aliphatic hydroxyl groups excluding tert-OH is 1. The molecule has 2 nitrogen and oxygen atoms in total. The third-order valence-electron chi connectivity index (χ3n) is 4.14. The van der Waals surface area contributed by atoms with Gasteiger partial charge >= 0.3 is 0 Å². The molecule has 1 rings (SSSR count). The molecular formula is C13H27NO. The first-order chi connectivity index (χ1) is 6.99. The molecule has 0 atom stereocenters. The fourth-order valence-electron chi connectivity index (χ4n) is 2.45. The van der Waals surface area contributed by atoms with Gasteiger partial charge in [-0.2, -0.15) is 0 Å². The smallest absolute Gasteiger partial charge is 0.0499 e. The van der Waals surface area contributed by atoms with E-state index in [-0.39, 0.29) is 5.41 Å². The van der Waals surface area contributed by atoms with Gasteiger partial charge in [0.2, 0.25) is 0 Å². The van der Waals surface area contributed by atoms with Crippen LogP contribution in [0.5, 0.6) is 0 Å². The van der Waals surface area contributed by atoms with Crippen LogP contribution in [0, 0.1) is 11.3 Å².